The first-order chi connectivity index (χ1) is 8.62. The summed E-state index contributed by atoms with van der Waals surface area (Å²) in [5.74, 6) is 1.49. The topological polar surface area (TPSA) is 38.7 Å². The largest absolute Gasteiger partial charge is 0.508 e. The summed E-state index contributed by atoms with van der Waals surface area (Å²) in [6, 6.07) is 10.4. The van der Waals surface area contributed by atoms with Crippen LogP contribution in [-0.4, -0.2) is 19.3 Å². The van der Waals surface area contributed by atoms with Crippen LogP contribution in [0.25, 0.3) is 11.1 Å². The van der Waals surface area contributed by atoms with Gasteiger partial charge in [-0.25, -0.2) is 0 Å². The van der Waals surface area contributed by atoms with Gasteiger partial charge in [0.25, 0.3) is 0 Å². The third-order valence-corrected chi connectivity index (χ3v) is 2.79. The molecule has 0 aromatic heterocycles. The summed E-state index contributed by atoms with van der Waals surface area (Å²) in [6.07, 6.45) is 0. The van der Waals surface area contributed by atoms with Crippen LogP contribution in [0.1, 0.15) is 0 Å². The lowest BCUT2D eigenvalue weighted by molar-refractivity contribution is 0.394. The fourth-order valence-electron chi connectivity index (χ4n) is 1.71. The van der Waals surface area contributed by atoms with Crippen LogP contribution in [0.15, 0.2) is 36.4 Å². The van der Waals surface area contributed by atoms with Crippen molar-refractivity contribution in [1.82, 2.24) is 0 Å². The quantitative estimate of drug-likeness (QED) is 0.918. The van der Waals surface area contributed by atoms with E-state index in [-0.39, 0.29) is 5.75 Å². The lowest BCUT2D eigenvalue weighted by Crippen LogP contribution is -1.88. The van der Waals surface area contributed by atoms with Gasteiger partial charge in [-0.1, -0.05) is 11.6 Å². The number of benzene rings is 2. The maximum absolute atomic E-state index is 9.56. The Morgan fingerprint density at radius 3 is 1.89 bits per heavy atom. The van der Waals surface area contributed by atoms with Gasteiger partial charge in [0.2, 0.25) is 0 Å². The highest BCUT2D eigenvalue weighted by atomic mass is 35.5. The molecule has 1 N–H and O–H groups in total. The lowest BCUT2D eigenvalue weighted by Gasteiger charge is -2.09. The number of methoxy groups -OCH3 is 2. The summed E-state index contributed by atoms with van der Waals surface area (Å²) < 4.78 is 10.4. The van der Waals surface area contributed by atoms with Crippen LogP contribution in [0.5, 0.6) is 17.2 Å². The van der Waals surface area contributed by atoms with Crippen LogP contribution in [-0.2, 0) is 0 Å². The number of phenols is 1. The second kappa shape index (κ2) is 5.19. The van der Waals surface area contributed by atoms with Gasteiger partial charge in [0, 0.05) is 11.1 Å². The number of aromatic hydroxyl groups is 1. The zero-order chi connectivity index (χ0) is 13.1. The minimum atomic E-state index is 0.124. The molecule has 0 fully saturated rings. The van der Waals surface area contributed by atoms with Gasteiger partial charge in [0.15, 0.2) is 0 Å². The van der Waals surface area contributed by atoms with Crippen LogP contribution in [0.2, 0.25) is 5.02 Å². The molecular formula is C14H13ClO3. The van der Waals surface area contributed by atoms with E-state index in [1.807, 2.05) is 12.1 Å². The smallest absolute Gasteiger partial charge is 0.123 e. The van der Waals surface area contributed by atoms with Gasteiger partial charge in [0.05, 0.1) is 14.2 Å². The Balaban J connectivity index is 2.55. The molecule has 0 saturated heterocycles. The predicted molar refractivity (Wildman–Crippen MR) is 71.7 cm³/mol. The Bertz CT molecular complexity index is 524. The van der Waals surface area contributed by atoms with Gasteiger partial charge < -0.3 is 14.6 Å². The fraction of sp³-hybridized carbons (Fsp3) is 0.143. The molecule has 0 radical (unpaired) electrons. The molecule has 2 aromatic rings. The van der Waals surface area contributed by atoms with Crippen molar-refractivity contribution in [3.05, 3.63) is 41.4 Å². The maximum atomic E-state index is 9.56. The van der Waals surface area contributed by atoms with Crippen molar-refractivity contribution in [2.24, 2.45) is 0 Å². The van der Waals surface area contributed by atoms with Crippen LogP contribution in [0.3, 0.4) is 0 Å². The molecule has 2 rings (SSSR count). The maximum Gasteiger partial charge on any atom is 0.123 e. The van der Waals surface area contributed by atoms with Crippen molar-refractivity contribution in [1.29, 1.82) is 0 Å². The van der Waals surface area contributed by atoms with Crippen molar-refractivity contribution in [2.45, 2.75) is 0 Å². The molecule has 2 aromatic carbocycles. The second-order valence-electron chi connectivity index (χ2n) is 3.80. The number of phenolic OH excluding ortho intramolecular Hbond substituents is 1. The number of rotatable bonds is 3. The molecule has 94 valence electrons. The normalized spacial score (nSPS) is 10.2. The standard InChI is InChI=1S/C14H13ClO3/c1-17-13-5-10(6-14(8-13)18-2)9-3-11(15)7-12(16)4-9/h3-8,16H,1-2H3. The van der Waals surface area contributed by atoms with Gasteiger partial charge in [0.1, 0.15) is 17.2 Å². The SMILES string of the molecule is COc1cc(OC)cc(-c2cc(O)cc(Cl)c2)c1. The highest BCUT2D eigenvalue weighted by molar-refractivity contribution is 6.31. The van der Waals surface area contributed by atoms with Gasteiger partial charge in [-0.3, -0.25) is 0 Å². The van der Waals surface area contributed by atoms with E-state index >= 15 is 0 Å². The first-order valence-corrected chi connectivity index (χ1v) is 5.73. The molecule has 0 atom stereocenters. The minimum absolute atomic E-state index is 0.124. The summed E-state index contributed by atoms with van der Waals surface area (Å²) in [6.45, 7) is 0. The third-order valence-electron chi connectivity index (χ3n) is 2.57. The molecule has 4 heteroatoms. The Labute approximate surface area is 111 Å². The van der Waals surface area contributed by atoms with E-state index in [0.29, 0.717) is 16.5 Å². The lowest BCUT2D eigenvalue weighted by atomic mass is 10.0. The summed E-state index contributed by atoms with van der Waals surface area (Å²) in [5.41, 5.74) is 1.67. The van der Waals surface area contributed by atoms with E-state index in [4.69, 9.17) is 21.1 Å². The van der Waals surface area contributed by atoms with Crippen LogP contribution >= 0.6 is 11.6 Å². The summed E-state index contributed by atoms with van der Waals surface area (Å²) >= 11 is 5.92. The highest BCUT2D eigenvalue weighted by Crippen LogP contribution is 2.33. The van der Waals surface area contributed by atoms with E-state index in [1.165, 1.54) is 6.07 Å². The van der Waals surface area contributed by atoms with Gasteiger partial charge in [-0.05, 0) is 41.5 Å². The molecule has 0 bridgehead atoms. The Kier molecular flexibility index (Phi) is 3.63. The van der Waals surface area contributed by atoms with Crippen LogP contribution < -0.4 is 9.47 Å². The Hall–Kier alpha value is -1.87. The second-order valence-corrected chi connectivity index (χ2v) is 4.24. The number of halogens is 1. The van der Waals surface area contributed by atoms with E-state index < -0.39 is 0 Å². The Morgan fingerprint density at radius 1 is 0.833 bits per heavy atom. The van der Waals surface area contributed by atoms with Crippen molar-refractivity contribution in [3.8, 4) is 28.4 Å². The van der Waals surface area contributed by atoms with Crippen LogP contribution in [0, 0.1) is 0 Å². The molecular weight excluding hydrogens is 252 g/mol. The van der Waals surface area contributed by atoms with Gasteiger partial charge in [-0.15, -0.1) is 0 Å². The molecule has 0 saturated carbocycles. The zero-order valence-corrected chi connectivity index (χ0v) is 10.9. The fourth-order valence-corrected chi connectivity index (χ4v) is 1.94. The third kappa shape index (κ3) is 2.68. The summed E-state index contributed by atoms with van der Waals surface area (Å²) in [4.78, 5) is 0. The van der Waals surface area contributed by atoms with Gasteiger partial charge >= 0.3 is 0 Å². The molecule has 0 aliphatic rings. The minimum Gasteiger partial charge on any atom is -0.508 e. The highest BCUT2D eigenvalue weighted by Gasteiger charge is 2.06. The average molecular weight is 265 g/mol. The van der Waals surface area contributed by atoms with Crippen molar-refractivity contribution in [3.63, 3.8) is 0 Å². The first-order valence-electron chi connectivity index (χ1n) is 5.35. The molecule has 0 unspecified atom stereocenters. The molecule has 3 nitrogen and oxygen atoms in total. The van der Waals surface area contributed by atoms with Crippen molar-refractivity contribution in [2.75, 3.05) is 14.2 Å². The van der Waals surface area contributed by atoms with Crippen molar-refractivity contribution < 1.29 is 14.6 Å². The van der Waals surface area contributed by atoms with E-state index in [9.17, 15) is 5.11 Å². The zero-order valence-electron chi connectivity index (χ0n) is 10.1. The molecule has 18 heavy (non-hydrogen) atoms. The Morgan fingerprint density at radius 2 is 1.39 bits per heavy atom. The monoisotopic (exact) mass is 264 g/mol. The summed E-state index contributed by atoms with van der Waals surface area (Å²) in [7, 11) is 3.18. The number of hydrogen-bond donors (Lipinski definition) is 1. The first kappa shape index (κ1) is 12.6. The van der Waals surface area contributed by atoms with Crippen LogP contribution in [0.4, 0.5) is 0 Å². The molecule has 0 aliphatic carbocycles. The molecule has 0 heterocycles. The number of hydrogen-bond acceptors (Lipinski definition) is 3. The number of ether oxygens (including phenoxy) is 2. The van der Waals surface area contributed by atoms with E-state index in [1.54, 1.807) is 32.4 Å². The van der Waals surface area contributed by atoms with E-state index in [2.05, 4.69) is 0 Å². The average Bonchev–Trinajstić information content (AvgIpc) is 2.37. The molecule has 0 spiro atoms. The molecule has 0 aliphatic heterocycles. The van der Waals surface area contributed by atoms with Crippen molar-refractivity contribution >= 4 is 11.6 Å². The molecule has 0 amide bonds. The van der Waals surface area contributed by atoms with Gasteiger partial charge in [-0.2, -0.15) is 0 Å². The van der Waals surface area contributed by atoms with E-state index in [0.717, 1.165) is 11.1 Å². The predicted octanol–water partition coefficient (Wildman–Crippen LogP) is 3.73. The summed E-state index contributed by atoms with van der Waals surface area (Å²) in [5, 5.41) is 10.0.